The maximum Gasteiger partial charge on any atom is 0.222 e. The van der Waals surface area contributed by atoms with E-state index < -0.39 is 0 Å². The van der Waals surface area contributed by atoms with Crippen molar-refractivity contribution in [3.05, 3.63) is 47.2 Å². The SMILES string of the molecule is CC(=O)Nc1ccc(-c2ccc3c(c2)CC(=O)C3)c(C)n1. The topological polar surface area (TPSA) is 59.1 Å². The molecule has 0 spiro atoms. The lowest BCUT2D eigenvalue weighted by molar-refractivity contribution is -0.117. The molecule has 0 saturated heterocycles. The first-order valence-electron chi connectivity index (χ1n) is 6.92. The number of benzene rings is 1. The minimum Gasteiger partial charge on any atom is -0.311 e. The highest BCUT2D eigenvalue weighted by atomic mass is 16.1. The molecule has 0 atom stereocenters. The van der Waals surface area contributed by atoms with Crippen LogP contribution in [0.1, 0.15) is 23.7 Å². The van der Waals surface area contributed by atoms with E-state index in [9.17, 15) is 9.59 Å². The molecule has 0 unspecified atom stereocenters. The van der Waals surface area contributed by atoms with Gasteiger partial charge >= 0.3 is 0 Å². The number of carbonyl (C=O) groups excluding carboxylic acids is 2. The lowest BCUT2D eigenvalue weighted by atomic mass is 10.00. The summed E-state index contributed by atoms with van der Waals surface area (Å²) in [7, 11) is 0. The largest absolute Gasteiger partial charge is 0.311 e. The molecule has 1 aromatic heterocycles. The number of nitrogens with zero attached hydrogens (tertiary/aromatic N) is 1. The lowest BCUT2D eigenvalue weighted by Crippen LogP contribution is -2.08. The first kappa shape index (κ1) is 13.5. The molecule has 1 aromatic carbocycles. The molecule has 1 aliphatic rings. The fourth-order valence-electron chi connectivity index (χ4n) is 2.73. The van der Waals surface area contributed by atoms with E-state index in [-0.39, 0.29) is 11.7 Å². The molecule has 1 amide bonds. The number of amides is 1. The molecule has 0 radical (unpaired) electrons. The van der Waals surface area contributed by atoms with Gasteiger partial charge in [0.25, 0.3) is 0 Å². The summed E-state index contributed by atoms with van der Waals surface area (Å²) in [5.41, 5.74) is 5.17. The van der Waals surface area contributed by atoms with E-state index in [1.165, 1.54) is 6.92 Å². The van der Waals surface area contributed by atoms with Gasteiger partial charge in [-0.3, -0.25) is 9.59 Å². The molecule has 0 bridgehead atoms. The number of pyridine rings is 1. The normalized spacial score (nSPS) is 13.1. The second-order valence-corrected chi connectivity index (χ2v) is 5.39. The molecule has 1 N–H and O–H groups in total. The molecule has 21 heavy (non-hydrogen) atoms. The van der Waals surface area contributed by atoms with Gasteiger partial charge in [-0.05, 0) is 35.7 Å². The Kier molecular flexibility index (Phi) is 3.29. The fraction of sp³-hybridized carbons (Fsp3) is 0.235. The second-order valence-electron chi connectivity index (χ2n) is 5.39. The maximum atomic E-state index is 11.5. The van der Waals surface area contributed by atoms with Crippen molar-refractivity contribution >= 4 is 17.5 Å². The van der Waals surface area contributed by atoms with Crippen LogP contribution in [0.2, 0.25) is 0 Å². The van der Waals surface area contributed by atoms with Crippen LogP contribution in [0, 0.1) is 6.92 Å². The van der Waals surface area contributed by atoms with Gasteiger partial charge in [0.15, 0.2) is 0 Å². The van der Waals surface area contributed by atoms with Gasteiger partial charge in [0, 0.05) is 31.0 Å². The Hall–Kier alpha value is -2.49. The highest BCUT2D eigenvalue weighted by Gasteiger charge is 2.19. The molecular weight excluding hydrogens is 264 g/mol. The number of aryl methyl sites for hydroxylation is 1. The number of nitrogens with one attached hydrogen (secondary N) is 1. The number of carbonyl (C=O) groups is 2. The number of rotatable bonds is 2. The average Bonchev–Trinajstić information content (AvgIpc) is 2.77. The molecule has 4 heteroatoms. The summed E-state index contributed by atoms with van der Waals surface area (Å²) < 4.78 is 0. The van der Waals surface area contributed by atoms with Crippen LogP contribution in [0.3, 0.4) is 0 Å². The minimum absolute atomic E-state index is 0.134. The quantitative estimate of drug-likeness (QED) is 0.920. The zero-order valence-electron chi connectivity index (χ0n) is 12.1. The molecule has 4 nitrogen and oxygen atoms in total. The number of hydrogen-bond donors (Lipinski definition) is 1. The molecule has 1 aliphatic carbocycles. The zero-order chi connectivity index (χ0) is 15.0. The molecular formula is C17H16N2O2. The predicted octanol–water partition coefficient (Wildman–Crippen LogP) is 2.68. The van der Waals surface area contributed by atoms with Gasteiger partial charge in [0.05, 0.1) is 0 Å². The Morgan fingerprint density at radius 1 is 1.14 bits per heavy atom. The Morgan fingerprint density at radius 3 is 2.62 bits per heavy atom. The summed E-state index contributed by atoms with van der Waals surface area (Å²) in [6.45, 7) is 3.38. The highest BCUT2D eigenvalue weighted by Crippen LogP contribution is 2.29. The van der Waals surface area contributed by atoms with Gasteiger partial charge < -0.3 is 5.32 Å². The number of aromatic nitrogens is 1. The van der Waals surface area contributed by atoms with Gasteiger partial charge in [0.1, 0.15) is 11.6 Å². The zero-order valence-corrected chi connectivity index (χ0v) is 12.1. The average molecular weight is 280 g/mol. The Bertz CT molecular complexity index is 750. The first-order valence-corrected chi connectivity index (χ1v) is 6.92. The van der Waals surface area contributed by atoms with Gasteiger partial charge in [-0.2, -0.15) is 0 Å². The van der Waals surface area contributed by atoms with Gasteiger partial charge in [-0.25, -0.2) is 4.98 Å². The molecule has 0 saturated carbocycles. The van der Waals surface area contributed by atoms with Crippen molar-refractivity contribution < 1.29 is 9.59 Å². The van der Waals surface area contributed by atoms with Crippen LogP contribution in [0.15, 0.2) is 30.3 Å². The molecule has 3 rings (SSSR count). The molecule has 0 aliphatic heterocycles. The summed E-state index contributed by atoms with van der Waals surface area (Å²) in [6, 6.07) is 9.87. The molecule has 2 aromatic rings. The smallest absolute Gasteiger partial charge is 0.222 e. The van der Waals surface area contributed by atoms with Crippen LogP contribution in [-0.4, -0.2) is 16.7 Å². The van der Waals surface area contributed by atoms with Crippen molar-refractivity contribution in [1.29, 1.82) is 0 Å². The number of ketones is 1. The van der Waals surface area contributed by atoms with Crippen molar-refractivity contribution in [2.75, 3.05) is 5.32 Å². The third-order valence-corrected chi connectivity index (χ3v) is 3.68. The third kappa shape index (κ3) is 2.70. The summed E-state index contributed by atoms with van der Waals surface area (Å²) in [5.74, 6) is 0.698. The van der Waals surface area contributed by atoms with Gasteiger partial charge in [-0.1, -0.05) is 18.2 Å². The fourth-order valence-corrected chi connectivity index (χ4v) is 2.73. The summed E-state index contributed by atoms with van der Waals surface area (Å²) >= 11 is 0. The van der Waals surface area contributed by atoms with E-state index in [0.29, 0.717) is 18.7 Å². The van der Waals surface area contributed by atoms with Gasteiger partial charge in [-0.15, -0.1) is 0 Å². The van der Waals surface area contributed by atoms with Gasteiger partial charge in [0.2, 0.25) is 5.91 Å². The Balaban J connectivity index is 1.96. The van der Waals surface area contributed by atoms with Crippen LogP contribution < -0.4 is 5.32 Å². The first-order chi connectivity index (χ1) is 10.0. The molecule has 106 valence electrons. The van der Waals surface area contributed by atoms with Crippen molar-refractivity contribution in [1.82, 2.24) is 4.98 Å². The Morgan fingerprint density at radius 2 is 1.90 bits per heavy atom. The van der Waals surface area contributed by atoms with Crippen molar-refractivity contribution in [2.24, 2.45) is 0 Å². The monoisotopic (exact) mass is 280 g/mol. The van der Waals surface area contributed by atoms with E-state index in [1.54, 1.807) is 6.07 Å². The number of anilines is 1. The lowest BCUT2D eigenvalue weighted by Gasteiger charge is -2.09. The van der Waals surface area contributed by atoms with Crippen LogP contribution in [0.5, 0.6) is 0 Å². The van der Waals surface area contributed by atoms with Crippen molar-refractivity contribution in [3.63, 3.8) is 0 Å². The number of Topliss-reactive ketones (excluding diaryl/α,β-unsaturated/α-hetero) is 1. The second kappa shape index (κ2) is 5.13. The van der Waals surface area contributed by atoms with Crippen LogP contribution >= 0.6 is 0 Å². The number of hydrogen-bond acceptors (Lipinski definition) is 3. The predicted molar refractivity (Wildman–Crippen MR) is 81.1 cm³/mol. The van der Waals surface area contributed by atoms with Crippen LogP contribution in [0.25, 0.3) is 11.1 Å². The van der Waals surface area contributed by atoms with E-state index >= 15 is 0 Å². The van der Waals surface area contributed by atoms with E-state index in [1.807, 2.05) is 25.1 Å². The summed E-state index contributed by atoms with van der Waals surface area (Å²) in [4.78, 5) is 27.0. The van der Waals surface area contributed by atoms with E-state index in [0.717, 1.165) is 27.9 Å². The number of fused-ring (bicyclic) bond motifs is 1. The van der Waals surface area contributed by atoms with Crippen LogP contribution in [-0.2, 0) is 22.4 Å². The Labute approximate surface area is 123 Å². The van der Waals surface area contributed by atoms with E-state index in [2.05, 4.69) is 16.4 Å². The molecule has 1 heterocycles. The summed E-state index contributed by atoms with van der Waals surface area (Å²) in [6.07, 6.45) is 1.08. The van der Waals surface area contributed by atoms with Crippen LogP contribution in [0.4, 0.5) is 5.82 Å². The standard InChI is InChI=1S/C17H16N2O2/c1-10-16(5-6-17(18-10)19-11(2)20)13-4-3-12-8-15(21)9-14(12)7-13/h3-7H,8-9H2,1-2H3,(H,18,19,20). The maximum absolute atomic E-state index is 11.5. The highest BCUT2D eigenvalue weighted by molar-refractivity contribution is 5.89. The van der Waals surface area contributed by atoms with Crippen molar-refractivity contribution in [3.8, 4) is 11.1 Å². The third-order valence-electron chi connectivity index (χ3n) is 3.68. The minimum atomic E-state index is -0.134. The van der Waals surface area contributed by atoms with Crippen molar-refractivity contribution in [2.45, 2.75) is 26.7 Å². The molecule has 0 fully saturated rings. The summed E-state index contributed by atoms with van der Waals surface area (Å²) in [5, 5.41) is 2.68. The van der Waals surface area contributed by atoms with E-state index in [4.69, 9.17) is 0 Å².